The molecule has 0 bridgehead atoms. The van der Waals surface area contributed by atoms with Crippen molar-refractivity contribution in [2.75, 3.05) is 0 Å². The Labute approximate surface area is 130 Å². The van der Waals surface area contributed by atoms with Crippen LogP contribution in [-0.4, -0.2) is 8.42 Å². The maximum atomic E-state index is 12.5. The van der Waals surface area contributed by atoms with Gasteiger partial charge in [-0.05, 0) is 29.8 Å². The predicted molar refractivity (Wildman–Crippen MR) is 78.9 cm³/mol. The van der Waals surface area contributed by atoms with E-state index in [9.17, 15) is 21.6 Å². The molecule has 0 radical (unpaired) electrons. The van der Waals surface area contributed by atoms with Gasteiger partial charge in [-0.3, -0.25) is 0 Å². The lowest BCUT2D eigenvalue weighted by atomic mass is 10.2. The zero-order valence-electron chi connectivity index (χ0n) is 11.0. The van der Waals surface area contributed by atoms with Gasteiger partial charge in [-0.1, -0.05) is 41.9 Å². The summed E-state index contributed by atoms with van der Waals surface area (Å²) in [4.78, 5) is -0.425. The lowest BCUT2D eigenvalue weighted by molar-refractivity contribution is -0.137. The van der Waals surface area contributed by atoms with Gasteiger partial charge in [0.1, 0.15) is 0 Å². The Bertz CT molecular complexity index is 780. The van der Waals surface area contributed by atoms with E-state index in [0.29, 0.717) is 5.56 Å². The van der Waals surface area contributed by atoms with Gasteiger partial charge in [-0.25, -0.2) is 8.42 Å². The highest BCUT2D eigenvalue weighted by molar-refractivity contribution is 8.00. The third kappa shape index (κ3) is 3.34. The molecule has 0 aromatic heterocycles. The van der Waals surface area contributed by atoms with Crippen molar-refractivity contribution in [2.24, 2.45) is 0 Å². The molecule has 0 heterocycles. The van der Waals surface area contributed by atoms with Crippen LogP contribution < -0.4 is 0 Å². The summed E-state index contributed by atoms with van der Waals surface area (Å²) in [5, 5.41) is 0. The highest BCUT2D eigenvalue weighted by Crippen LogP contribution is 2.32. The largest absolute Gasteiger partial charge is 0.416 e. The minimum Gasteiger partial charge on any atom is -0.218 e. The van der Waals surface area contributed by atoms with Crippen LogP contribution in [0.3, 0.4) is 0 Å². The maximum absolute atomic E-state index is 12.5. The molecular formula is C15H10ClF3O2S. The van der Waals surface area contributed by atoms with Crippen molar-refractivity contribution >= 4 is 26.3 Å². The number of alkyl halides is 3. The van der Waals surface area contributed by atoms with Gasteiger partial charge >= 0.3 is 6.18 Å². The Morgan fingerprint density at radius 2 is 1.50 bits per heavy atom. The van der Waals surface area contributed by atoms with E-state index < -0.39 is 21.6 Å². The van der Waals surface area contributed by atoms with Gasteiger partial charge in [0.25, 0.3) is 0 Å². The van der Waals surface area contributed by atoms with Crippen molar-refractivity contribution in [3.05, 3.63) is 71.3 Å². The number of hydrogen-bond donors (Lipinski definition) is 0. The van der Waals surface area contributed by atoms with Crippen LogP contribution in [0.1, 0.15) is 11.1 Å². The fourth-order valence-electron chi connectivity index (χ4n) is 1.83. The Morgan fingerprint density at radius 1 is 0.955 bits per heavy atom. The summed E-state index contributed by atoms with van der Waals surface area (Å²) >= 11 is 5.62. The first-order valence-electron chi connectivity index (χ1n) is 6.05. The molecule has 0 aliphatic heterocycles. The van der Waals surface area contributed by atoms with Crippen LogP contribution in [0.4, 0.5) is 13.2 Å². The Hall–Kier alpha value is -1.79. The third-order valence-electron chi connectivity index (χ3n) is 2.94. The van der Waals surface area contributed by atoms with E-state index in [2.05, 4.69) is 0 Å². The highest BCUT2D eigenvalue weighted by Gasteiger charge is 2.31. The molecule has 116 valence electrons. The summed E-state index contributed by atoms with van der Waals surface area (Å²) in [6.45, 7) is 0. The van der Waals surface area contributed by atoms with Gasteiger partial charge in [0.05, 0.1) is 15.4 Å². The van der Waals surface area contributed by atoms with Gasteiger partial charge in [-0.15, -0.1) is 0 Å². The Morgan fingerprint density at radius 3 is 1.95 bits per heavy atom. The van der Waals surface area contributed by atoms with E-state index in [0.717, 1.165) is 29.8 Å². The number of sulfone groups is 1. The first-order chi connectivity index (χ1) is 10.3. The summed E-state index contributed by atoms with van der Waals surface area (Å²) in [7, 11) is -4.00. The van der Waals surface area contributed by atoms with Crippen molar-refractivity contribution in [3.63, 3.8) is 0 Å². The molecule has 0 aliphatic rings. The number of halogens is 4. The van der Waals surface area contributed by atoms with Crippen molar-refractivity contribution < 1.29 is 21.6 Å². The molecular weight excluding hydrogens is 337 g/mol. The van der Waals surface area contributed by atoms with Crippen LogP contribution in [0, 0.1) is 0 Å². The fourth-order valence-corrected chi connectivity index (χ4v) is 3.62. The van der Waals surface area contributed by atoms with E-state index >= 15 is 0 Å². The average molecular weight is 347 g/mol. The molecule has 2 aromatic carbocycles. The Balaban J connectivity index is 2.46. The highest BCUT2D eigenvalue weighted by atomic mass is 35.5. The van der Waals surface area contributed by atoms with Crippen molar-refractivity contribution in [1.82, 2.24) is 0 Å². The van der Waals surface area contributed by atoms with E-state index in [1.165, 1.54) is 0 Å². The molecule has 2 nitrogen and oxygen atoms in total. The molecule has 0 unspecified atom stereocenters. The molecule has 0 aliphatic carbocycles. The average Bonchev–Trinajstić information content (AvgIpc) is 2.48. The standard InChI is InChI=1S/C15H10ClF3O2S/c16-10-14(11-4-2-1-3-5-11)22(20,21)13-8-6-12(7-9-13)15(17,18)19/h1-10H/b14-10-. The monoisotopic (exact) mass is 346 g/mol. The molecule has 0 saturated heterocycles. The van der Waals surface area contributed by atoms with Crippen molar-refractivity contribution in [3.8, 4) is 0 Å². The minimum atomic E-state index is -4.52. The van der Waals surface area contributed by atoms with Gasteiger partial charge in [0.2, 0.25) is 9.84 Å². The van der Waals surface area contributed by atoms with Crippen LogP contribution in [0.2, 0.25) is 0 Å². The second-order valence-corrected chi connectivity index (χ2v) is 6.50. The molecule has 0 saturated carbocycles. The smallest absolute Gasteiger partial charge is 0.218 e. The van der Waals surface area contributed by atoms with Gasteiger partial charge < -0.3 is 0 Å². The maximum Gasteiger partial charge on any atom is 0.416 e. The molecule has 22 heavy (non-hydrogen) atoms. The fraction of sp³-hybridized carbons (Fsp3) is 0.0667. The summed E-state index contributed by atoms with van der Waals surface area (Å²) < 4.78 is 62.6. The first kappa shape index (κ1) is 16.6. The summed E-state index contributed by atoms with van der Waals surface area (Å²) in [5.74, 6) is 0. The second kappa shape index (κ2) is 6.14. The third-order valence-corrected chi connectivity index (χ3v) is 5.11. The minimum absolute atomic E-state index is 0.172. The van der Waals surface area contributed by atoms with Crippen LogP contribution in [-0.2, 0) is 16.0 Å². The van der Waals surface area contributed by atoms with Crippen LogP contribution >= 0.6 is 11.6 Å². The van der Waals surface area contributed by atoms with Crippen molar-refractivity contribution in [2.45, 2.75) is 11.1 Å². The lowest BCUT2D eigenvalue weighted by Crippen LogP contribution is -2.07. The van der Waals surface area contributed by atoms with Crippen LogP contribution in [0.25, 0.3) is 4.91 Å². The lowest BCUT2D eigenvalue weighted by Gasteiger charge is -2.10. The number of rotatable bonds is 3. The van der Waals surface area contributed by atoms with E-state index in [4.69, 9.17) is 11.6 Å². The molecule has 7 heteroatoms. The van der Waals surface area contributed by atoms with Crippen molar-refractivity contribution in [1.29, 1.82) is 0 Å². The van der Waals surface area contributed by atoms with Crippen LogP contribution in [0.15, 0.2) is 65.0 Å². The Kier molecular flexibility index (Phi) is 4.63. The van der Waals surface area contributed by atoms with E-state index in [1.807, 2.05) is 0 Å². The molecule has 0 N–H and O–H groups in total. The van der Waals surface area contributed by atoms with E-state index in [1.54, 1.807) is 30.3 Å². The normalized spacial score (nSPS) is 13.2. The van der Waals surface area contributed by atoms with E-state index in [-0.39, 0.29) is 9.80 Å². The summed E-state index contributed by atoms with van der Waals surface area (Å²) in [6, 6.07) is 11.4. The van der Waals surface area contributed by atoms with Gasteiger partial charge in [0.15, 0.2) is 0 Å². The zero-order valence-corrected chi connectivity index (χ0v) is 12.6. The summed E-state index contributed by atoms with van der Waals surface area (Å²) in [6.07, 6.45) is -4.52. The van der Waals surface area contributed by atoms with Gasteiger partial charge in [0, 0.05) is 5.54 Å². The molecule has 2 aromatic rings. The van der Waals surface area contributed by atoms with Crippen LogP contribution in [0.5, 0.6) is 0 Å². The second-order valence-electron chi connectivity index (χ2n) is 4.36. The molecule has 0 amide bonds. The topological polar surface area (TPSA) is 34.1 Å². The van der Waals surface area contributed by atoms with Gasteiger partial charge in [-0.2, -0.15) is 13.2 Å². The summed E-state index contributed by atoms with van der Waals surface area (Å²) in [5.41, 5.74) is 0.350. The zero-order chi connectivity index (χ0) is 16.4. The molecule has 0 fully saturated rings. The molecule has 0 atom stereocenters. The molecule has 2 rings (SSSR count). The number of benzene rings is 2. The predicted octanol–water partition coefficient (Wildman–Crippen LogP) is 4.72. The first-order valence-corrected chi connectivity index (χ1v) is 7.97. The molecule has 0 spiro atoms. The number of hydrogen-bond acceptors (Lipinski definition) is 2. The quantitative estimate of drug-likeness (QED) is 0.806. The SMILES string of the molecule is O=S(=O)(/C(=C\Cl)c1ccccc1)c1ccc(C(F)(F)F)cc1.